The molecule has 4 atom stereocenters. The van der Waals surface area contributed by atoms with Crippen molar-refractivity contribution in [1.82, 2.24) is 0 Å². The van der Waals surface area contributed by atoms with Crippen LogP contribution in [0.1, 0.15) is 81.5 Å². The fraction of sp³-hybridized carbons (Fsp3) is 0.316. The highest BCUT2D eigenvalue weighted by atomic mass is 16.3. The zero-order chi connectivity index (χ0) is 28.9. The first-order chi connectivity index (χ1) is 20.4. The van der Waals surface area contributed by atoms with E-state index in [0.29, 0.717) is 11.1 Å². The highest BCUT2D eigenvalue weighted by Gasteiger charge is 2.61. The molecule has 0 radical (unpaired) electrons. The van der Waals surface area contributed by atoms with E-state index in [1.165, 1.54) is 22.3 Å². The SMILES string of the molecule is O=C(c1ccccc1O)[C@H]1C[C@@]12CCCc1ccccc12.O=C(c1ccccc1O)[C@H]1C[C@@]12CCCc1ccccc12. The second-order valence-corrected chi connectivity index (χ2v) is 12.6. The molecule has 2 N–H and O–H groups in total. The molecule has 0 unspecified atom stereocenters. The molecule has 212 valence electrons. The van der Waals surface area contributed by atoms with Crippen LogP contribution in [0.3, 0.4) is 0 Å². The van der Waals surface area contributed by atoms with Crippen LogP contribution in [-0.4, -0.2) is 21.8 Å². The van der Waals surface area contributed by atoms with Gasteiger partial charge in [0, 0.05) is 22.7 Å². The molecule has 4 heteroatoms. The molecule has 0 amide bonds. The monoisotopic (exact) mass is 556 g/mol. The van der Waals surface area contributed by atoms with Crippen LogP contribution in [0.2, 0.25) is 0 Å². The van der Waals surface area contributed by atoms with E-state index in [4.69, 9.17) is 0 Å². The Bertz CT molecular complexity index is 1560. The van der Waals surface area contributed by atoms with Gasteiger partial charge in [-0.3, -0.25) is 9.59 Å². The topological polar surface area (TPSA) is 74.6 Å². The maximum Gasteiger partial charge on any atom is 0.170 e. The van der Waals surface area contributed by atoms with E-state index in [9.17, 15) is 19.8 Å². The molecule has 42 heavy (non-hydrogen) atoms. The Balaban J connectivity index is 0.000000137. The second kappa shape index (κ2) is 10.3. The van der Waals surface area contributed by atoms with Gasteiger partial charge in [0.2, 0.25) is 0 Å². The van der Waals surface area contributed by atoms with E-state index < -0.39 is 0 Å². The summed E-state index contributed by atoms with van der Waals surface area (Å²) in [5.41, 5.74) is 6.55. The van der Waals surface area contributed by atoms with Crippen LogP contribution in [0.5, 0.6) is 11.5 Å². The van der Waals surface area contributed by atoms with E-state index in [0.717, 1.165) is 51.4 Å². The maximum atomic E-state index is 12.8. The highest BCUT2D eigenvalue weighted by Crippen LogP contribution is 2.62. The number of phenols is 2. The fourth-order valence-electron chi connectivity index (χ4n) is 8.09. The number of aromatic hydroxyl groups is 2. The van der Waals surface area contributed by atoms with Gasteiger partial charge in [-0.05, 0) is 97.9 Å². The number of benzene rings is 4. The molecule has 4 aliphatic carbocycles. The van der Waals surface area contributed by atoms with E-state index in [1.54, 1.807) is 36.4 Å². The molecule has 2 spiro atoms. The predicted molar refractivity (Wildman–Crippen MR) is 163 cm³/mol. The Morgan fingerprint density at radius 3 is 1.36 bits per heavy atom. The van der Waals surface area contributed by atoms with Crippen LogP contribution in [0.25, 0.3) is 0 Å². The number of hydrogen-bond donors (Lipinski definition) is 2. The molecule has 0 aliphatic heterocycles. The third-order valence-electron chi connectivity index (χ3n) is 10.4. The third-order valence-corrected chi connectivity index (χ3v) is 10.4. The van der Waals surface area contributed by atoms with Gasteiger partial charge in [-0.2, -0.15) is 0 Å². The quantitative estimate of drug-likeness (QED) is 0.252. The summed E-state index contributed by atoms with van der Waals surface area (Å²) in [4.78, 5) is 25.5. The average Bonchev–Trinajstić information content (AvgIpc) is 3.93. The number of carbonyl (C=O) groups excluding carboxylic acids is 2. The first-order valence-electron chi connectivity index (χ1n) is 15.3. The van der Waals surface area contributed by atoms with E-state index >= 15 is 0 Å². The number of fused-ring (bicyclic) bond motifs is 4. The molecule has 4 aliphatic rings. The lowest BCUT2D eigenvalue weighted by atomic mass is 9.78. The lowest BCUT2D eigenvalue weighted by molar-refractivity contribution is 0.0944. The zero-order valence-electron chi connectivity index (χ0n) is 23.8. The van der Waals surface area contributed by atoms with Gasteiger partial charge in [-0.1, -0.05) is 72.8 Å². The van der Waals surface area contributed by atoms with Crippen molar-refractivity contribution in [3.63, 3.8) is 0 Å². The Morgan fingerprint density at radius 2 is 0.929 bits per heavy atom. The number of Topliss-reactive ketones (excluding diaryl/α,β-unsaturated/α-hetero) is 2. The van der Waals surface area contributed by atoms with Gasteiger partial charge in [0.25, 0.3) is 0 Å². The lowest BCUT2D eigenvalue weighted by Gasteiger charge is -2.26. The molecule has 2 saturated carbocycles. The van der Waals surface area contributed by atoms with Crippen LogP contribution in [-0.2, 0) is 23.7 Å². The predicted octanol–water partition coefficient (Wildman–Crippen LogP) is 7.74. The molecule has 0 heterocycles. The minimum absolute atomic E-state index is 0.0345. The summed E-state index contributed by atoms with van der Waals surface area (Å²) in [7, 11) is 0. The standard InChI is InChI=1S/2C19H18O2/c2*20-17-10-4-2-8-14(17)18(21)16-12-19(16)11-5-7-13-6-1-3-9-15(13)19/h2*1-4,6,8-10,16,20H,5,7,11-12H2/t2*16-,19-/m11/s1. The Morgan fingerprint density at radius 1 is 0.548 bits per heavy atom. The van der Waals surface area contributed by atoms with Gasteiger partial charge in [-0.25, -0.2) is 0 Å². The fourth-order valence-corrected chi connectivity index (χ4v) is 8.09. The minimum Gasteiger partial charge on any atom is -0.507 e. The summed E-state index contributed by atoms with van der Waals surface area (Å²) in [5.74, 6) is 0.483. The summed E-state index contributed by atoms with van der Waals surface area (Å²) < 4.78 is 0. The number of hydrogen-bond acceptors (Lipinski definition) is 4. The molecular weight excluding hydrogens is 520 g/mol. The van der Waals surface area contributed by atoms with Gasteiger partial charge in [0.05, 0.1) is 11.1 Å². The summed E-state index contributed by atoms with van der Waals surface area (Å²) in [6.07, 6.45) is 8.59. The average molecular weight is 557 g/mol. The number of phenolic OH excluding ortho intramolecular Hbond substituents is 2. The zero-order valence-corrected chi connectivity index (χ0v) is 23.8. The van der Waals surface area contributed by atoms with Crippen LogP contribution >= 0.6 is 0 Å². The number of aryl methyl sites for hydroxylation is 2. The van der Waals surface area contributed by atoms with Crippen molar-refractivity contribution in [3.8, 4) is 11.5 Å². The molecule has 4 aromatic carbocycles. The number of para-hydroxylation sites is 2. The molecular formula is C38H36O4. The molecule has 8 rings (SSSR count). The Kier molecular flexibility index (Phi) is 6.53. The van der Waals surface area contributed by atoms with Crippen molar-refractivity contribution in [3.05, 3.63) is 130 Å². The van der Waals surface area contributed by atoms with Crippen LogP contribution in [0.4, 0.5) is 0 Å². The van der Waals surface area contributed by atoms with Crippen molar-refractivity contribution < 1.29 is 19.8 Å². The maximum absolute atomic E-state index is 12.8. The Labute approximate surface area is 247 Å². The van der Waals surface area contributed by atoms with Gasteiger partial charge in [0.1, 0.15) is 11.5 Å². The van der Waals surface area contributed by atoms with Crippen molar-refractivity contribution in [2.45, 2.75) is 62.2 Å². The number of carbonyl (C=O) groups is 2. The van der Waals surface area contributed by atoms with Gasteiger partial charge < -0.3 is 10.2 Å². The molecule has 4 nitrogen and oxygen atoms in total. The highest BCUT2D eigenvalue weighted by molar-refractivity contribution is 6.04. The summed E-state index contributed by atoms with van der Waals surface area (Å²) in [6.45, 7) is 0. The molecule has 0 bridgehead atoms. The smallest absolute Gasteiger partial charge is 0.170 e. The third kappa shape index (κ3) is 4.36. The first kappa shape index (κ1) is 26.7. The minimum atomic E-state index is 0.0345. The summed E-state index contributed by atoms with van der Waals surface area (Å²) in [6, 6.07) is 30.9. The van der Waals surface area contributed by atoms with Gasteiger partial charge >= 0.3 is 0 Å². The number of ketones is 2. The lowest BCUT2D eigenvalue weighted by Crippen LogP contribution is -2.21. The van der Waals surface area contributed by atoms with Crippen LogP contribution < -0.4 is 0 Å². The first-order valence-corrected chi connectivity index (χ1v) is 15.3. The van der Waals surface area contributed by atoms with Crippen molar-refractivity contribution >= 4 is 11.6 Å². The van der Waals surface area contributed by atoms with Crippen LogP contribution in [0.15, 0.2) is 97.1 Å². The molecule has 0 saturated heterocycles. The summed E-state index contributed by atoms with van der Waals surface area (Å²) >= 11 is 0. The molecule has 0 aromatic heterocycles. The van der Waals surface area contributed by atoms with Crippen LogP contribution in [0, 0.1) is 11.8 Å². The van der Waals surface area contributed by atoms with Crippen molar-refractivity contribution in [2.24, 2.45) is 11.8 Å². The number of rotatable bonds is 4. The van der Waals surface area contributed by atoms with Crippen molar-refractivity contribution in [1.29, 1.82) is 0 Å². The second-order valence-electron chi connectivity index (χ2n) is 12.6. The largest absolute Gasteiger partial charge is 0.507 e. The van der Waals surface area contributed by atoms with E-state index in [2.05, 4.69) is 48.5 Å². The molecule has 4 aromatic rings. The van der Waals surface area contributed by atoms with Crippen molar-refractivity contribution in [2.75, 3.05) is 0 Å². The summed E-state index contributed by atoms with van der Waals surface area (Å²) in [5, 5.41) is 19.8. The van der Waals surface area contributed by atoms with Gasteiger partial charge in [0.15, 0.2) is 11.6 Å². The normalized spacial score (nSPS) is 26.4. The van der Waals surface area contributed by atoms with E-state index in [1.807, 2.05) is 12.1 Å². The Hall–Kier alpha value is -4.18. The van der Waals surface area contributed by atoms with E-state index in [-0.39, 0.29) is 45.7 Å². The molecule has 2 fully saturated rings. The van der Waals surface area contributed by atoms with Gasteiger partial charge in [-0.15, -0.1) is 0 Å².